The molecule has 4 N–H and O–H groups in total. The van der Waals surface area contributed by atoms with Gasteiger partial charge >= 0.3 is 11.9 Å². The van der Waals surface area contributed by atoms with E-state index in [1.807, 2.05) is 0 Å². The Morgan fingerprint density at radius 2 is 1.09 bits per heavy atom. The quantitative estimate of drug-likeness (QED) is 0.156. The van der Waals surface area contributed by atoms with E-state index in [1.165, 1.54) is 0 Å². The topological polar surface area (TPSA) is 125 Å². The van der Waals surface area contributed by atoms with Crippen molar-refractivity contribution in [2.75, 3.05) is 6.61 Å². The van der Waals surface area contributed by atoms with Crippen molar-refractivity contribution in [1.82, 2.24) is 10.8 Å². The third kappa shape index (κ3) is 9.12. The van der Waals surface area contributed by atoms with Crippen molar-refractivity contribution in [3.63, 3.8) is 0 Å². The fourth-order valence-electron chi connectivity index (χ4n) is 7.63. The summed E-state index contributed by atoms with van der Waals surface area (Å²) in [6.45, 7) is 0.157. The molecule has 246 valence electrons. The van der Waals surface area contributed by atoms with Crippen molar-refractivity contribution in [2.45, 2.75) is 115 Å². The second kappa shape index (κ2) is 16.3. The Labute approximate surface area is 283 Å². The van der Waals surface area contributed by atoms with Crippen molar-refractivity contribution >= 4 is 87.5 Å². The number of halogens is 6. The summed E-state index contributed by atoms with van der Waals surface area (Å²) in [6.07, 6.45) is 8.19. The summed E-state index contributed by atoms with van der Waals surface area (Å²) in [5.74, 6) is -4.63. The second-order valence-electron chi connectivity index (χ2n) is 12.9. The molecule has 4 aliphatic rings. The Balaban J connectivity index is 1.19. The summed E-state index contributed by atoms with van der Waals surface area (Å²) in [7, 11) is 0. The van der Waals surface area contributed by atoms with Gasteiger partial charge in [0, 0.05) is 39.5 Å². The maximum atomic E-state index is 13.1. The second-order valence-corrected chi connectivity index (χ2v) is 16.3. The third-order valence-electron chi connectivity index (χ3n) is 10.1. The van der Waals surface area contributed by atoms with Crippen LogP contribution in [0.2, 0.25) is 0 Å². The molecule has 0 heterocycles. The fraction of sp³-hybridized carbons (Fsp3) is 0.897. The van der Waals surface area contributed by atoms with Gasteiger partial charge in [-0.3, -0.25) is 14.4 Å². The maximum absolute atomic E-state index is 13.1. The van der Waals surface area contributed by atoms with Gasteiger partial charge in [-0.25, -0.2) is 0 Å². The summed E-state index contributed by atoms with van der Waals surface area (Å²) in [6, 6.07) is -0.298. The zero-order chi connectivity index (χ0) is 31.4. The Kier molecular flexibility index (Phi) is 13.6. The molecule has 4 aliphatic carbocycles. The smallest absolute Gasteiger partial charge is 0.308 e. The molecule has 4 fully saturated rings. The zero-order valence-electron chi connectivity index (χ0n) is 23.9. The summed E-state index contributed by atoms with van der Waals surface area (Å²) in [5, 5.41) is 19.9. The van der Waals surface area contributed by atoms with E-state index in [0.29, 0.717) is 43.9 Å². The first kappa shape index (κ1) is 35.9. The fourth-order valence-corrected chi connectivity index (χ4v) is 10.1. The molecule has 14 heteroatoms. The highest BCUT2D eigenvalue weighted by Gasteiger charge is 2.47. The molecule has 43 heavy (non-hydrogen) atoms. The van der Waals surface area contributed by atoms with Crippen LogP contribution in [0.25, 0.3) is 0 Å². The molecule has 4 saturated carbocycles. The van der Waals surface area contributed by atoms with Crippen LogP contribution in [0.4, 0.5) is 0 Å². The van der Waals surface area contributed by atoms with E-state index >= 15 is 0 Å². The number of nitrogens with one attached hydrogen (secondary N) is 2. The molecule has 8 nitrogen and oxygen atoms in total. The highest BCUT2D eigenvalue weighted by molar-refractivity contribution is 6.25. The van der Waals surface area contributed by atoms with E-state index in [2.05, 4.69) is 10.8 Å². The van der Waals surface area contributed by atoms with Crippen molar-refractivity contribution in [2.24, 2.45) is 35.5 Å². The minimum absolute atomic E-state index is 0.0511. The molecular formula is C29H42Cl6N2O6. The Hall–Kier alpha value is 0.0700. The highest BCUT2D eigenvalue weighted by Crippen LogP contribution is 2.41. The number of amides is 1. The Morgan fingerprint density at radius 1 is 0.605 bits per heavy atom. The van der Waals surface area contributed by atoms with Crippen LogP contribution in [0.15, 0.2) is 0 Å². The van der Waals surface area contributed by atoms with Gasteiger partial charge < -0.3 is 20.4 Å². The number of aliphatic carboxylic acids is 2. The van der Waals surface area contributed by atoms with Crippen LogP contribution in [-0.2, 0) is 19.2 Å². The molecule has 0 aliphatic heterocycles. The maximum Gasteiger partial charge on any atom is 0.308 e. The van der Waals surface area contributed by atoms with Crippen LogP contribution in [0, 0.1) is 35.5 Å². The van der Waals surface area contributed by atoms with Crippen LogP contribution in [0.5, 0.6) is 0 Å². The average molecular weight is 727 g/mol. The molecule has 14 atom stereocenters. The van der Waals surface area contributed by atoms with E-state index in [4.69, 9.17) is 74.4 Å². The number of hydroxylamine groups is 1. The molecule has 4 rings (SSSR count). The van der Waals surface area contributed by atoms with Gasteiger partial charge in [0.15, 0.2) is 0 Å². The first-order valence-electron chi connectivity index (χ1n) is 15.3. The number of carboxylic acids is 2. The summed E-state index contributed by atoms with van der Waals surface area (Å²) < 4.78 is 0. The molecule has 1 amide bonds. The van der Waals surface area contributed by atoms with Crippen molar-refractivity contribution < 1.29 is 29.4 Å². The lowest BCUT2D eigenvalue weighted by atomic mass is 9.75. The number of alkyl halides is 6. The number of rotatable bonds is 10. The van der Waals surface area contributed by atoms with Crippen LogP contribution in [0.3, 0.4) is 0 Å². The molecule has 0 aromatic carbocycles. The van der Waals surface area contributed by atoms with E-state index < -0.39 is 45.8 Å². The number of carbonyl (C=O) groups is 3. The molecule has 0 aromatic heterocycles. The van der Waals surface area contributed by atoms with E-state index in [-0.39, 0.29) is 46.6 Å². The van der Waals surface area contributed by atoms with Crippen molar-refractivity contribution in [1.29, 1.82) is 0 Å². The standard InChI is InChI=1S/C29H42Cl6N2O6/c30-16-3-4-17(31)24(28(39)40)15(16)12-43-37-23-8-2-14(11-21(23)35)9-13-1-7-22(20(34)10-13)36-27(38)25-18(32)5-6-19(33)26(25)29(41)42/h13-26,37H,1-12H2,(H,36,38)(H,39,40)(H,41,42). The largest absolute Gasteiger partial charge is 0.481 e. The van der Waals surface area contributed by atoms with Gasteiger partial charge in [0.05, 0.1) is 35.1 Å². The van der Waals surface area contributed by atoms with Crippen LogP contribution < -0.4 is 10.8 Å². The van der Waals surface area contributed by atoms with Crippen LogP contribution >= 0.6 is 69.6 Å². The van der Waals surface area contributed by atoms with Crippen LogP contribution in [-0.4, -0.2) is 79.0 Å². The molecule has 14 unspecified atom stereocenters. The van der Waals surface area contributed by atoms with E-state index in [9.17, 15) is 24.6 Å². The SMILES string of the molecule is O=C(O)C1C(Cl)CCC(Cl)C1CONC1CCC(CC2CCC(NC(=O)C3C(Cl)CCC(Cl)C3C(=O)O)C(Cl)C2)CC1Cl. The lowest BCUT2D eigenvalue weighted by Crippen LogP contribution is -2.53. The predicted octanol–water partition coefficient (Wildman–Crippen LogP) is 6.22. The van der Waals surface area contributed by atoms with Crippen molar-refractivity contribution in [3.05, 3.63) is 0 Å². The molecule has 0 bridgehead atoms. The molecule has 0 aromatic rings. The molecular weight excluding hydrogens is 685 g/mol. The molecule has 0 spiro atoms. The van der Waals surface area contributed by atoms with Gasteiger partial charge in [-0.05, 0) is 82.5 Å². The lowest BCUT2D eigenvalue weighted by Gasteiger charge is -2.40. The number of carbonyl (C=O) groups excluding carboxylic acids is 1. The van der Waals surface area contributed by atoms with Gasteiger partial charge in [-0.15, -0.1) is 69.6 Å². The highest BCUT2D eigenvalue weighted by atomic mass is 35.5. The monoisotopic (exact) mass is 724 g/mol. The summed E-state index contributed by atoms with van der Waals surface area (Å²) in [5.41, 5.74) is 3.07. The third-order valence-corrected chi connectivity index (χ3v) is 13.0. The molecule has 0 radical (unpaired) electrons. The average Bonchev–Trinajstić information content (AvgIpc) is 2.93. The number of carboxylic acid groups (broad SMARTS) is 2. The Bertz CT molecular complexity index is 982. The van der Waals surface area contributed by atoms with Crippen LogP contribution in [0.1, 0.15) is 70.6 Å². The van der Waals surface area contributed by atoms with Gasteiger partial charge in [-0.2, -0.15) is 5.48 Å². The first-order chi connectivity index (χ1) is 20.4. The molecule has 0 saturated heterocycles. The minimum Gasteiger partial charge on any atom is -0.481 e. The normalized spacial score (nSPS) is 44.0. The van der Waals surface area contributed by atoms with Crippen molar-refractivity contribution in [3.8, 4) is 0 Å². The lowest BCUT2D eigenvalue weighted by molar-refractivity contribution is -0.148. The van der Waals surface area contributed by atoms with E-state index in [1.54, 1.807) is 0 Å². The van der Waals surface area contributed by atoms with Gasteiger partial charge in [0.25, 0.3) is 0 Å². The number of hydrogen-bond acceptors (Lipinski definition) is 5. The van der Waals surface area contributed by atoms with Gasteiger partial charge in [0.2, 0.25) is 5.91 Å². The summed E-state index contributed by atoms with van der Waals surface area (Å²) in [4.78, 5) is 42.5. The first-order valence-corrected chi connectivity index (χ1v) is 18.0. The number of hydrogen-bond donors (Lipinski definition) is 4. The zero-order valence-corrected chi connectivity index (χ0v) is 28.4. The van der Waals surface area contributed by atoms with E-state index in [0.717, 1.165) is 38.5 Å². The Morgan fingerprint density at radius 3 is 1.63 bits per heavy atom. The predicted molar refractivity (Wildman–Crippen MR) is 170 cm³/mol. The minimum atomic E-state index is -1.10. The summed E-state index contributed by atoms with van der Waals surface area (Å²) >= 11 is 38.9. The van der Waals surface area contributed by atoms with Gasteiger partial charge in [-0.1, -0.05) is 0 Å². The van der Waals surface area contributed by atoms with Gasteiger partial charge in [0.1, 0.15) is 0 Å².